The average Bonchev–Trinajstić information content (AvgIpc) is 2.29. The zero-order valence-electron chi connectivity index (χ0n) is 10.5. The Labute approximate surface area is 112 Å². The number of nitrogens with two attached hydrogens (primary N) is 1. The average molecular weight is 298 g/mol. The van der Waals surface area contributed by atoms with Gasteiger partial charge in [-0.25, -0.2) is 4.98 Å². The second-order valence-electron chi connectivity index (χ2n) is 5.01. The minimum Gasteiger partial charge on any atom is -0.396 e. The summed E-state index contributed by atoms with van der Waals surface area (Å²) in [5.41, 5.74) is 6.79. The summed E-state index contributed by atoms with van der Waals surface area (Å²) in [6, 6.07) is 2.49. The molecular formula is C13H20BrN3. The lowest BCUT2D eigenvalue weighted by atomic mass is 9.85. The van der Waals surface area contributed by atoms with E-state index in [4.69, 9.17) is 5.73 Å². The van der Waals surface area contributed by atoms with Gasteiger partial charge in [-0.15, -0.1) is 0 Å². The van der Waals surface area contributed by atoms with E-state index in [-0.39, 0.29) is 0 Å². The molecule has 0 amide bonds. The monoisotopic (exact) mass is 297 g/mol. The maximum Gasteiger partial charge on any atom is 0.151 e. The topological polar surface area (TPSA) is 42.2 Å². The van der Waals surface area contributed by atoms with Gasteiger partial charge in [0, 0.05) is 23.8 Å². The van der Waals surface area contributed by atoms with Crippen LogP contribution in [0.5, 0.6) is 0 Å². The van der Waals surface area contributed by atoms with Crippen molar-refractivity contribution < 1.29 is 0 Å². The van der Waals surface area contributed by atoms with Gasteiger partial charge in [-0.3, -0.25) is 0 Å². The van der Waals surface area contributed by atoms with Crippen LogP contribution in [0, 0.1) is 5.92 Å². The number of hydrogen-bond donors (Lipinski definition) is 1. The third kappa shape index (κ3) is 2.73. The van der Waals surface area contributed by atoms with Crippen molar-refractivity contribution in [2.75, 3.05) is 17.7 Å². The molecular weight excluding hydrogens is 278 g/mol. The first-order chi connectivity index (χ1) is 8.09. The molecule has 1 fully saturated rings. The normalized spacial score (nSPS) is 24.6. The van der Waals surface area contributed by atoms with Crippen molar-refractivity contribution in [1.82, 2.24) is 4.98 Å². The molecule has 1 aliphatic carbocycles. The van der Waals surface area contributed by atoms with Crippen molar-refractivity contribution in [3.05, 3.63) is 16.7 Å². The van der Waals surface area contributed by atoms with E-state index in [0.717, 1.165) is 21.9 Å². The first-order valence-corrected chi connectivity index (χ1v) is 7.02. The SMILES string of the molecule is CC1CCCCC1N(C)c1ncc(Br)cc1N. The highest BCUT2D eigenvalue weighted by atomic mass is 79.9. The molecule has 2 N–H and O–H groups in total. The molecule has 2 atom stereocenters. The van der Waals surface area contributed by atoms with Crippen molar-refractivity contribution >= 4 is 27.4 Å². The molecule has 0 aliphatic heterocycles. The van der Waals surface area contributed by atoms with Gasteiger partial charge in [-0.05, 0) is 40.8 Å². The Balaban J connectivity index is 2.20. The second kappa shape index (κ2) is 5.25. The highest BCUT2D eigenvalue weighted by Gasteiger charge is 2.26. The molecule has 94 valence electrons. The fraction of sp³-hybridized carbons (Fsp3) is 0.615. The zero-order valence-corrected chi connectivity index (χ0v) is 12.1. The van der Waals surface area contributed by atoms with Crippen LogP contribution in [0.15, 0.2) is 16.7 Å². The summed E-state index contributed by atoms with van der Waals surface area (Å²) in [5, 5.41) is 0. The van der Waals surface area contributed by atoms with Crippen LogP contribution in [0.3, 0.4) is 0 Å². The van der Waals surface area contributed by atoms with E-state index < -0.39 is 0 Å². The number of nitrogens with zero attached hydrogens (tertiary/aromatic N) is 2. The summed E-state index contributed by atoms with van der Waals surface area (Å²) in [6.45, 7) is 2.33. The lowest BCUT2D eigenvalue weighted by Gasteiger charge is -2.37. The molecule has 4 heteroatoms. The summed E-state index contributed by atoms with van der Waals surface area (Å²) in [5.74, 6) is 1.63. The van der Waals surface area contributed by atoms with Crippen LogP contribution in [0.2, 0.25) is 0 Å². The van der Waals surface area contributed by atoms with E-state index in [9.17, 15) is 0 Å². The lowest BCUT2D eigenvalue weighted by Crippen LogP contribution is -2.39. The molecule has 0 saturated heterocycles. The fourth-order valence-corrected chi connectivity index (χ4v) is 3.12. The first kappa shape index (κ1) is 12.7. The third-order valence-electron chi connectivity index (χ3n) is 3.76. The Kier molecular flexibility index (Phi) is 3.92. The minimum absolute atomic E-state index is 0.569. The number of halogens is 1. The van der Waals surface area contributed by atoms with Crippen LogP contribution in [0.1, 0.15) is 32.6 Å². The maximum absolute atomic E-state index is 6.04. The summed E-state index contributed by atoms with van der Waals surface area (Å²) in [7, 11) is 2.11. The van der Waals surface area contributed by atoms with Crippen molar-refractivity contribution in [3.8, 4) is 0 Å². The van der Waals surface area contributed by atoms with Crippen molar-refractivity contribution in [2.45, 2.75) is 38.6 Å². The molecule has 2 unspecified atom stereocenters. The number of nitrogen functional groups attached to an aromatic ring is 1. The molecule has 2 rings (SSSR count). The zero-order chi connectivity index (χ0) is 12.4. The molecule has 1 aliphatic rings. The second-order valence-corrected chi connectivity index (χ2v) is 5.92. The molecule has 0 radical (unpaired) electrons. The molecule has 0 spiro atoms. The summed E-state index contributed by atoms with van der Waals surface area (Å²) < 4.78 is 0.934. The molecule has 1 saturated carbocycles. The predicted molar refractivity (Wildman–Crippen MR) is 76.2 cm³/mol. The van der Waals surface area contributed by atoms with Crippen LogP contribution in [0.25, 0.3) is 0 Å². The van der Waals surface area contributed by atoms with Crippen molar-refractivity contribution in [2.24, 2.45) is 5.92 Å². The Morgan fingerprint density at radius 3 is 2.76 bits per heavy atom. The van der Waals surface area contributed by atoms with E-state index in [1.165, 1.54) is 25.7 Å². The van der Waals surface area contributed by atoms with E-state index in [1.54, 1.807) is 0 Å². The molecule has 0 bridgehead atoms. The molecule has 1 heterocycles. The number of anilines is 2. The molecule has 1 aromatic rings. The summed E-state index contributed by atoms with van der Waals surface area (Å²) >= 11 is 3.39. The van der Waals surface area contributed by atoms with Gasteiger partial charge in [-0.2, -0.15) is 0 Å². The minimum atomic E-state index is 0.569. The molecule has 0 aromatic carbocycles. The Hall–Kier alpha value is -0.770. The number of aromatic nitrogens is 1. The van der Waals surface area contributed by atoms with Gasteiger partial charge in [0.15, 0.2) is 5.82 Å². The van der Waals surface area contributed by atoms with E-state index in [2.05, 4.69) is 39.8 Å². The molecule has 1 aromatic heterocycles. The lowest BCUT2D eigenvalue weighted by molar-refractivity contribution is 0.321. The van der Waals surface area contributed by atoms with Crippen LogP contribution < -0.4 is 10.6 Å². The van der Waals surface area contributed by atoms with Gasteiger partial charge in [-0.1, -0.05) is 19.8 Å². The molecule has 3 nitrogen and oxygen atoms in total. The first-order valence-electron chi connectivity index (χ1n) is 6.23. The van der Waals surface area contributed by atoms with Crippen LogP contribution in [0.4, 0.5) is 11.5 Å². The van der Waals surface area contributed by atoms with E-state index in [0.29, 0.717) is 6.04 Å². The summed E-state index contributed by atoms with van der Waals surface area (Å²) in [4.78, 5) is 6.70. The standard InChI is InChI=1S/C13H20BrN3/c1-9-5-3-4-6-12(9)17(2)13-11(15)7-10(14)8-16-13/h7-9,12H,3-6,15H2,1-2H3. The van der Waals surface area contributed by atoms with Gasteiger partial charge in [0.25, 0.3) is 0 Å². The summed E-state index contributed by atoms with van der Waals surface area (Å²) in [6.07, 6.45) is 7.04. The van der Waals surface area contributed by atoms with Gasteiger partial charge in [0.1, 0.15) is 0 Å². The number of pyridine rings is 1. The Bertz CT molecular complexity index is 394. The maximum atomic E-state index is 6.04. The van der Waals surface area contributed by atoms with E-state index in [1.807, 2.05) is 12.3 Å². The largest absolute Gasteiger partial charge is 0.396 e. The van der Waals surface area contributed by atoms with Crippen LogP contribution in [-0.2, 0) is 0 Å². The van der Waals surface area contributed by atoms with Gasteiger partial charge >= 0.3 is 0 Å². The Morgan fingerprint density at radius 2 is 2.12 bits per heavy atom. The van der Waals surface area contributed by atoms with Gasteiger partial charge < -0.3 is 10.6 Å². The van der Waals surface area contributed by atoms with Crippen molar-refractivity contribution in [1.29, 1.82) is 0 Å². The Morgan fingerprint density at radius 1 is 1.41 bits per heavy atom. The van der Waals surface area contributed by atoms with Crippen LogP contribution >= 0.6 is 15.9 Å². The highest BCUT2D eigenvalue weighted by molar-refractivity contribution is 9.10. The van der Waals surface area contributed by atoms with Crippen molar-refractivity contribution in [3.63, 3.8) is 0 Å². The van der Waals surface area contributed by atoms with Gasteiger partial charge in [0.05, 0.1) is 5.69 Å². The van der Waals surface area contributed by atoms with E-state index >= 15 is 0 Å². The quantitative estimate of drug-likeness (QED) is 0.909. The highest BCUT2D eigenvalue weighted by Crippen LogP contribution is 2.32. The van der Waals surface area contributed by atoms with Gasteiger partial charge in [0.2, 0.25) is 0 Å². The third-order valence-corrected chi connectivity index (χ3v) is 4.19. The number of rotatable bonds is 2. The number of hydrogen-bond acceptors (Lipinski definition) is 3. The smallest absolute Gasteiger partial charge is 0.151 e. The predicted octanol–water partition coefficient (Wildman–Crippen LogP) is 3.44. The molecule has 17 heavy (non-hydrogen) atoms. The fourth-order valence-electron chi connectivity index (χ4n) is 2.77. The van der Waals surface area contributed by atoms with Crippen LogP contribution in [-0.4, -0.2) is 18.1 Å².